The van der Waals surface area contributed by atoms with Crippen molar-refractivity contribution < 1.29 is 13.2 Å². The van der Waals surface area contributed by atoms with Crippen molar-refractivity contribution in [3.05, 3.63) is 75.9 Å². The molecule has 34 heavy (non-hydrogen) atoms. The smallest absolute Gasteiger partial charge is 0.265 e. The van der Waals surface area contributed by atoms with Crippen LogP contribution in [0.1, 0.15) is 11.8 Å². The molecule has 5 rings (SSSR count). The third-order valence-corrected chi connectivity index (χ3v) is 8.47. The van der Waals surface area contributed by atoms with Crippen LogP contribution in [-0.2, 0) is 14.8 Å². The van der Waals surface area contributed by atoms with Crippen LogP contribution in [0.5, 0.6) is 0 Å². The number of amides is 1. The van der Waals surface area contributed by atoms with E-state index in [1.807, 2.05) is 30.3 Å². The highest BCUT2D eigenvalue weighted by atomic mass is 35.5. The molecule has 2 N–H and O–H groups in total. The molecule has 0 radical (unpaired) electrons. The summed E-state index contributed by atoms with van der Waals surface area (Å²) in [5, 5.41) is 11.5. The van der Waals surface area contributed by atoms with Gasteiger partial charge in [0.1, 0.15) is 17.9 Å². The number of rotatable bonds is 5. The summed E-state index contributed by atoms with van der Waals surface area (Å²) in [4.78, 5) is 13.8. The number of benzene rings is 2. The molecule has 1 aliphatic rings. The molecule has 0 saturated carbocycles. The number of carbonyl (C=O) groups excluding carboxylic acids is 1. The molecule has 8 nitrogen and oxygen atoms in total. The average molecular weight is 512 g/mol. The number of halogens is 1. The Morgan fingerprint density at radius 2 is 1.85 bits per heavy atom. The molecule has 0 unspecified atom stereocenters. The fraction of sp³-hybridized carbons (Fsp3) is 0.0870. The second-order valence-electron chi connectivity index (χ2n) is 7.51. The number of carbonyl (C=O) groups is 1. The molecular weight excluding hydrogens is 494 g/mol. The lowest BCUT2D eigenvalue weighted by Gasteiger charge is -2.29. The highest BCUT2D eigenvalue weighted by Gasteiger charge is 2.39. The van der Waals surface area contributed by atoms with Gasteiger partial charge in [0.15, 0.2) is 0 Å². The van der Waals surface area contributed by atoms with Crippen LogP contribution in [-0.4, -0.2) is 36.8 Å². The van der Waals surface area contributed by atoms with Crippen molar-refractivity contribution in [2.45, 2.75) is 11.8 Å². The number of aromatic amines is 1. The number of anilines is 1. The van der Waals surface area contributed by atoms with Gasteiger partial charge in [-0.3, -0.25) is 14.2 Å². The van der Waals surface area contributed by atoms with E-state index >= 15 is 0 Å². The van der Waals surface area contributed by atoms with Crippen molar-refractivity contribution in [2.75, 3.05) is 10.8 Å². The number of fused-ring (bicyclic) bond motifs is 3. The monoisotopic (exact) mass is 511 g/mol. The summed E-state index contributed by atoms with van der Waals surface area (Å²) in [5.41, 5.74) is 5.55. The number of hydrazone groups is 1. The van der Waals surface area contributed by atoms with Crippen molar-refractivity contribution in [1.82, 2.24) is 15.6 Å². The van der Waals surface area contributed by atoms with Gasteiger partial charge in [0, 0.05) is 11.1 Å². The summed E-state index contributed by atoms with van der Waals surface area (Å²) in [7, 11) is -4.03. The molecule has 0 bridgehead atoms. The first-order valence-corrected chi connectivity index (χ1v) is 12.8. The highest BCUT2D eigenvalue weighted by Crippen LogP contribution is 2.46. The average Bonchev–Trinajstić information content (AvgIpc) is 3.48. The van der Waals surface area contributed by atoms with Crippen LogP contribution < -0.4 is 9.73 Å². The maximum absolute atomic E-state index is 13.6. The van der Waals surface area contributed by atoms with Gasteiger partial charge in [0.25, 0.3) is 15.9 Å². The Labute approximate surface area is 204 Å². The second-order valence-corrected chi connectivity index (χ2v) is 11.1. The van der Waals surface area contributed by atoms with Gasteiger partial charge in [-0.15, -0.1) is 11.3 Å². The van der Waals surface area contributed by atoms with E-state index in [9.17, 15) is 13.2 Å². The number of nitrogens with zero attached hydrogens (tertiary/aromatic N) is 3. The maximum atomic E-state index is 13.6. The number of nitrogens with one attached hydrogen (secondary N) is 2. The van der Waals surface area contributed by atoms with Crippen molar-refractivity contribution in [3.8, 4) is 22.5 Å². The minimum atomic E-state index is -4.03. The Hall–Kier alpha value is -3.47. The topological polar surface area (TPSA) is 108 Å². The highest BCUT2D eigenvalue weighted by molar-refractivity contribution is 7.93. The second kappa shape index (κ2) is 8.71. The Kier molecular flexibility index (Phi) is 5.72. The Morgan fingerprint density at radius 3 is 2.59 bits per heavy atom. The van der Waals surface area contributed by atoms with E-state index in [1.54, 1.807) is 37.3 Å². The van der Waals surface area contributed by atoms with E-state index in [1.165, 1.54) is 17.4 Å². The first-order valence-electron chi connectivity index (χ1n) is 10.2. The number of H-pyrrole nitrogens is 1. The zero-order valence-corrected chi connectivity index (χ0v) is 20.2. The van der Waals surface area contributed by atoms with E-state index in [2.05, 4.69) is 20.7 Å². The zero-order valence-electron chi connectivity index (χ0n) is 17.8. The molecule has 3 heterocycles. The summed E-state index contributed by atoms with van der Waals surface area (Å²) in [5.74, 6) is -0.587. The van der Waals surface area contributed by atoms with Crippen LogP contribution >= 0.6 is 22.9 Å². The first kappa shape index (κ1) is 22.3. The van der Waals surface area contributed by atoms with Crippen LogP contribution in [0.25, 0.3) is 22.5 Å². The van der Waals surface area contributed by atoms with E-state index in [4.69, 9.17) is 11.6 Å². The van der Waals surface area contributed by atoms with Gasteiger partial charge >= 0.3 is 0 Å². The summed E-state index contributed by atoms with van der Waals surface area (Å²) in [6.45, 7) is 1.27. The van der Waals surface area contributed by atoms with Gasteiger partial charge in [-0.25, -0.2) is 13.8 Å². The summed E-state index contributed by atoms with van der Waals surface area (Å²) >= 11 is 7.30. The van der Waals surface area contributed by atoms with Gasteiger partial charge in [0.2, 0.25) is 0 Å². The lowest BCUT2D eigenvalue weighted by molar-refractivity contribution is -0.119. The predicted octanol–water partition coefficient (Wildman–Crippen LogP) is 4.51. The van der Waals surface area contributed by atoms with Crippen LogP contribution in [0.2, 0.25) is 4.34 Å². The molecule has 1 aliphatic heterocycles. The molecule has 11 heteroatoms. The van der Waals surface area contributed by atoms with Crippen LogP contribution in [0.3, 0.4) is 0 Å². The Balaban J connectivity index is 1.53. The Bertz CT molecular complexity index is 1510. The van der Waals surface area contributed by atoms with E-state index in [0.29, 0.717) is 32.7 Å². The lowest BCUT2D eigenvalue weighted by Crippen LogP contribution is -2.41. The maximum Gasteiger partial charge on any atom is 0.265 e. The van der Waals surface area contributed by atoms with Crippen LogP contribution in [0, 0.1) is 0 Å². The Morgan fingerprint density at radius 1 is 1.12 bits per heavy atom. The first-order chi connectivity index (χ1) is 16.4. The summed E-state index contributed by atoms with van der Waals surface area (Å²) in [6, 6.07) is 19.4. The third-order valence-electron chi connectivity index (χ3n) is 5.33. The molecule has 0 spiro atoms. The standard InChI is InChI=1S/C23H18ClN5O3S2/c1-14(17-11-12-19(24)33-17)25-26-20(30)13-29-23-21(15-7-3-2-4-8-15)27-28-22(23)16-9-5-6-10-18(16)34(29,31)32/h2-12H,13H2,1H3,(H,26,30)(H,27,28)/b25-14+. The molecule has 2 aromatic carbocycles. The van der Waals surface area contributed by atoms with Crippen LogP contribution in [0.4, 0.5) is 5.69 Å². The van der Waals surface area contributed by atoms with Crippen molar-refractivity contribution in [3.63, 3.8) is 0 Å². The van der Waals surface area contributed by atoms with Crippen LogP contribution in [0.15, 0.2) is 76.7 Å². The molecule has 2 aromatic heterocycles. The van der Waals surface area contributed by atoms with E-state index in [0.717, 1.165) is 14.7 Å². The third kappa shape index (κ3) is 3.89. The van der Waals surface area contributed by atoms with Crippen molar-refractivity contribution in [1.29, 1.82) is 0 Å². The fourth-order valence-electron chi connectivity index (χ4n) is 3.74. The lowest BCUT2D eigenvalue weighted by atomic mass is 10.1. The van der Waals surface area contributed by atoms with E-state index < -0.39 is 22.5 Å². The number of hydrogen-bond acceptors (Lipinski definition) is 6. The molecular formula is C23H18ClN5O3S2. The molecule has 0 fully saturated rings. The number of aromatic nitrogens is 2. The molecule has 172 valence electrons. The fourth-order valence-corrected chi connectivity index (χ4v) is 6.37. The number of thiophene rings is 1. The van der Waals surface area contributed by atoms with Crippen molar-refractivity contribution >= 4 is 50.3 Å². The normalized spacial score (nSPS) is 14.4. The largest absolute Gasteiger partial charge is 0.275 e. The van der Waals surface area contributed by atoms with Gasteiger partial charge in [-0.1, -0.05) is 60.1 Å². The zero-order chi connectivity index (χ0) is 23.9. The number of hydrogen-bond donors (Lipinski definition) is 2. The molecule has 0 atom stereocenters. The molecule has 0 aliphatic carbocycles. The van der Waals surface area contributed by atoms with Gasteiger partial charge in [-0.2, -0.15) is 10.2 Å². The summed E-state index contributed by atoms with van der Waals surface area (Å²) in [6.07, 6.45) is 0. The molecule has 1 amide bonds. The SMILES string of the molecule is C/C(=N\NC(=O)CN1c2c(-c3ccccc3)n[nH]c2-c2ccccc2S1(=O)=O)c1ccc(Cl)s1. The van der Waals surface area contributed by atoms with Gasteiger partial charge < -0.3 is 0 Å². The quantitative estimate of drug-likeness (QED) is 0.303. The van der Waals surface area contributed by atoms with Gasteiger partial charge in [0.05, 0.1) is 25.5 Å². The molecule has 0 saturated heterocycles. The minimum Gasteiger partial charge on any atom is -0.275 e. The van der Waals surface area contributed by atoms with E-state index in [-0.39, 0.29) is 4.90 Å². The predicted molar refractivity (Wildman–Crippen MR) is 134 cm³/mol. The van der Waals surface area contributed by atoms with Crippen molar-refractivity contribution in [2.24, 2.45) is 5.10 Å². The van der Waals surface area contributed by atoms with Gasteiger partial charge in [-0.05, 0) is 25.1 Å². The summed E-state index contributed by atoms with van der Waals surface area (Å²) < 4.78 is 28.9. The minimum absolute atomic E-state index is 0.103. The molecule has 4 aromatic rings. The number of sulfonamides is 1.